The first-order chi connectivity index (χ1) is 12.7. The molecule has 2 aliphatic rings. The zero-order valence-electron chi connectivity index (χ0n) is 15.9. The summed E-state index contributed by atoms with van der Waals surface area (Å²) in [6, 6.07) is 9.59. The lowest BCUT2D eigenvalue weighted by atomic mass is 10.0. The van der Waals surface area contributed by atoms with Crippen molar-refractivity contribution in [2.75, 3.05) is 6.61 Å². The summed E-state index contributed by atoms with van der Waals surface area (Å²) < 4.78 is 25.2. The first-order valence-corrected chi connectivity index (χ1v) is 9.07. The second kappa shape index (κ2) is 6.65. The highest BCUT2D eigenvalue weighted by molar-refractivity contribution is 5.30. The van der Waals surface area contributed by atoms with Crippen LogP contribution in [0.4, 0.5) is 0 Å². The fourth-order valence-corrected chi connectivity index (χ4v) is 3.51. The summed E-state index contributed by atoms with van der Waals surface area (Å²) >= 11 is 0. The molecule has 2 saturated heterocycles. The number of hydrogen-bond donors (Lipinski definition) is 1. The van der Waals surface area contributed by atoms with Gasteiger partial charge in [0.1, 0.15) is 30.1 Å². The van der Waals surface area contributed by atoms with Gasteiger partial charge >= 0.3 is 0 Å². The van der Waals surface area contributed by atoms with E-state index >= 15 is 0 Å². The summed E-state index contributed by atoms with van der Waals surface area (Å²) in [7, 11) is 0. The van der Waals surface area contributed by atoms with Crippen LogP contribution in [-0.4, -0.2) is 56.6 Å². The molecule has 0 spiro atoms. The van der Waals surface area contributed by atoms with Crippen molar-refractivity contribution < 1.29 is 24.1 Å². The first-order valence-electron chi connectivity index (χ1n) is 9.07. The molecule has 2 aliphatic heterocycles. The van der Waals surface area contributed by atoms with Crippen molar-refractivity contribution in [2.24, 2.45) is 0 Å². The zero-order valence-corrected chi connectivity index (χ0v) is 15.9. The smallest absolute Gasteiger partial charge is 0.164 e. The molecule has 2 fully saturated rings. The van der Waals surface area contributed by atoms with Crippen molar-refractivity contribution in [3.63, 3.8) is 0 Å². The van der Waals surface area contributed by atoms with Crippen molar-refractivity contribution >= 4 is 0 Å². The summed E-state index contributed by atoms with van der Waals surface area (Å²) in [5.41, 5.74) is 1.27. The van der Waals surface area contributed by atoms with Crippen LogP contribution in [0.25, 0.3) is 5.69 Å². The Hall–Kier alpha value is -1.84. The van der Waals surface area contributed by atoms with Gasteiger partial charge in [0, 0.05) is 0 Å². The second-order valence-corrected chi connectivity index (χ2v) is 7.80. The van der Waals surface area contributed by atoms with Gasteiger partial charge in [-0.1, -0.05) is 23.4 Å². The monoisotopic (exact) mass is 375 g/mol. The predicted molar refractivity (Wildman–Crippen MR) is 95.0 cm³/mol. The van der Waals surface area contributed by atoms with Crippen LogP contribution in [0.15, 0.2) is 36.5 Å². The number of aliphatic hydroxyl groups excluding tert-OH is 1. The van der Waals surface area contributed by atoms with E-state index < -0.39 is 29.9 Å². The first kappa shape index (κ1) is 18.5. The zero-order chi connectivity index (χ0) is 19.2. The van der Waals surface area contributed by atoms with E-state index in [1.807, 2.05) is 58.0 Å². The van der Waals surface area contributed by atoms with Gasteiger partial charge in [-0.3, -0.25) is 0 Å². The molecule has 4 unspecified atom stereocenters. The number of ether oxygens (including phenoxy) is 4. The topological polar surface area (TPSA) is 87.9 Å². The summed E-state index contributed by atoms with van der Waals surface area (Å²) in [5.74, 6) is -1.53. The molecule has 3 heterocycles. The molecular formula is C19H25N3O5. The summed E-state index contributed by atoms with van der Waals surface area (Å²) in [5, 5.41) is 19.2. The molecular weight excluding hydrogens is 350 g/mol. The number of para-hydroxylation sites is 1. The van der Waals surface area contributed by atoms with E-state index in [9.17, 15) is 5.11 Å². The number of benzene rings is 1. The van der Waals surface area contributed by atoms with Gasteiger partial charge in [-0.2, -0.15) is 0 Å². The van der Waals surface area contributed by atoms with E-state index in [0.717, 1.165) is 5.69 Å². The third kappa shape index (κ3) is 3.76. The molecule has 2 aromatic rings. The lowest BCUT2D eigenvalue weighted by molar-refractivity contribution is -0.175. The van der Waals surface area contributed by atoms with Crippen molar-refractivity contribution in [1.29, 1.82) is 0 Å². The van der Waals surface area contributed by atoms with Gasteiger partial charge in [0.2, 0.25) is 0 Å². The van der Waals surface area contributed by atoms with E-state index in [-0.39, 0.29) is 6.10 Å². The Balaban J connectivity index is 1.56. The van der Waals surface area contributed by atoms with E-state index in [1.165, 1.54) is 0 Å². The Labute approximate surface area is 158 Å². The highest BCUT2D eigenvalue weighted by Crippen LogP contribution is 2.39. The standard InChI is InChI=1S/C19H25N3O5/c1-18(2)24-11-14(25-18)16-17(27-19(3,4)26-16)15(23)13-10-22(21-20-13)12-8-6-5-7-9-12/h5-10,14-17,23H,11H2,1-4H3. The average molecular weight is 375 g/mol. The van der Waals surface area contributed by atoms with Crippen LogP contribution < -0.4 is 0 Å². The van der Waals surface area contributed by atoms with Gasteiger partial charge < -0.3 is 24.1 Å². The Morgan fingerprint density at radius 1 is 1.07 bits per heavy atom. The lowest BCUT2D eigenvalue weighted by Gasteiger charge is -2.25. The molecule has 0 aliphatic carbocycles. The molecule has 1 aromatic carbocycles. The van der Waals surface area contributed by atoms with E-state index in [2.05, 4.69) is 10.3 Å². The highest BCUT2D eigenvalue weighted by Gasteiger charge is 2.52. The van der Waals surface area contributed by atoms with Gasteiger partial charge in [-0.05, 0) is 39.8 Å². The van der Waals surface area contributed by atoms with Crippen molar-refractivity contribution in [3.05, 3.63) is 42.2 Å². The van der Waals surface area contributed by atoms with Gasteiger partial charge in [0.05, 0.1) is 18.5 Å². The SMILES string of the molecule is CC1(C)OCC(C2OC(C)(C)OC2C(O)c2cn(-c3ccccc3)nn2)O1. The number of rotatable bonds is 4. The Morgan fingerprint density at radius 2 is 1.81 bits per heavy atom. The molecule has 1 N–H and O–H groups in total. The fraction of sp³-hybridized carbons (Fsp3) is 0.579. The Bertz CT molecular complexity index is 792. The van der Waals surface area contributed by atoms with Crippen molar-refractivity contribution in [2.45, 2.75) is 63.7 Å². The second-order valence-electron chi connectivity index (χ2n) is 7.80. The fourth-order valence-electron chi connectivity index (χ4n) is 3.51. The summed E-state index contributed by atoms with van der Waals surface area (Å²) in [4.78, 5) is 0. The van der Waals surface area contributed by atoms with Crippen LogP contribution in [0.2, 0.25) is 0 Å². The maximum Gasteiger partial charge on any atom is 0.164 e. The lowest BCUT2D eigenvalue weighted by Crippen LogP contribution is -2.41. The van der Waals surface area contributed by atoms with Gasteiger partial charge in [-0.25, -0.2) is 4.68 Å². The quantitative estimate of drug-likeness (QED) is 0.874. The molecule has 146 valence electrons. The van der Waals surface area contributed by atoms with Crippen molar-refractivity contribution in [3.8, 4) is 5.69 Å². The van der Waals surface area contributed by atoms with Crippen molar-refractivity contribution in [1.82, 2.24) is 15.0 Å². The van der Waals surface area contributed by atoms with E-state index in [4.69, 9.17) is 18.9 Å². The molecule has 0 radical (unpaired) electrons. The third-order valence-corrected chi connectivity index (χ3v) is 4.71. The summed E-state index contributed by atoms with van der Waals surface area (Å²) in [6.07, 6.45) is -0.795. The van der Waals surface area contributed by atoms with Crippen LogP contribution in [0, 0.1) is 0 Å². The maximum atomic E-state index is 11.0. The molecule has 8 nitrogen and oxygen atoms in total. The minimum atomic E-state index is -1.01. The minimum absolute atomic E-state index is 0.342. The molecule has 0 bridgehead atoms. The van der Waals surface area contributed by atoms with Crippen LogP contribution >= 0.6 is 0 Å². The van der Waals surface area contributed by atoms with Gasteiger partial charge in [0.15, 0.2) is 11.6 Å². The Morgan fingerprint density at radius 3 is 2.48 bits per heavy atom. The number of aromatic nitrogens is 3. The van der Waals surface area contributed by atoms with Gasteiger partial charge in [0.25, 0.3) is 0 Å². The molecule has 0 saturated carbocycles. The number of aliphatic hydroxyl groups is 1. The molecule has 8 heteroatoms. The third-order valence-electron chi connectivity index (χ3n) is 4.71. The van der Waals surface area contributed by atoms with E-state index in [1.54, 1.807) is 10.9 Å². The maximum absolute atomic E-state index is 11.0. The minimum Gasteiger partial charge on any atom is -0.384 e. The molecule has 1 aromatic heterocycles. The highest BCUT2D eigenvalue weighted by atomic mass is 16.8. The van der Waals surface area contributed by atoms with Crippen LogP contribution in [0.3, 0.4) is 0 Å². The van der Waals surface area contributed by atoms with Crippen LogP contribution in [0.5, 0.6) is 0 Å². The van der Waals surface area contributed by atoms with E-state index in [0.29, 0.717) is 12.3 Å². The normalized spacial score (nSPS) is 30.5. The molecule has 0 amide bonds. The van der Waals surface area contributed by atoms with Crippen LogP contribution in [-0.2, 0) is 18.9 Å². The largest absolute Gasteiger partial charge is 0.384 e. The van der Waals surface area contributed by atoms with Crippen LogP contribution in [0.1, 0.15) is 39.5 Å². The molecule has 4 rings (SSSR count). The number of hydrogen-bond acceptors (Lipinski definition) is 7. The summed E-state index contributed by atoms with van der Waals surface area (Å²) in [6.45, 7) is 7.70. The molecule has 4 atom stereocenters. The molecule has 27 heavy (non-hydrogen) atoms. The predicted octanol–water partition coefficient (Wildman–Crippen LogP) is 1.97. The average Bonchev–Trinajstić information content (AvgIpc) is 3.32. The Kier molecular flexibility index (Phi) is 4.56. The van der Waals surface area contributed by atoms with Gasteiger partial charge in [-0.15, -0.1) is 5.10 Å². The number of nitrogens with zero attached hydrogens (tertiary/aromatic N) is 3.